The Morgan fingerprint density at radius 1 is 1.05 bits per heavy atom. The van der Waals surface area contributed by atoms with Crippen LogP contribution in [-0.4, -0.2) is 5.16 Å². The van der Waals surface area contributed by atoms with Crippen LogP contribution in [-0.2, 0) is 13.0 Å². The zero-order chi connectivity index (χ0) is 14.9. The zero-order valence-corrected chi connectivity index (χ0v) is 12.5. The molecule has 3 nitrogen and oxygen atoms in total. The fourth-order valence-electron chi connectivity index (χ4n) is 2.93. The summed E-state index contributed by atoms with van der Waals surface area (Å²) < 4.78 is 11.4. The van der Waals surface area contributed by atoms with Gasteiger partial charge in [0, 0.05) is 5.56 Å². The van der Waals surface area contributed by atoms with Gasteiger partial charge < -0.3 is 9.26 Å². The van der Waals surface area contributed by atoms with Crippen molar-refractivity contribution in [2.45, 2.75) is 26.4 Å². The lowest BCUT2D eigenvalue weighted by molar-refractivity contribution is 0.297. The van der Waals surface area contributed by atoms with E-state index in [1.807, 2.05) is 24.3 Å². The van der Waals surface area contributed by atoms with E-state index in [0.717, 1.165) is 46.7 Å². The molecule has 0 radical (unpaired) electrons. The average Bonchev–Trinajstić information content (AvgIpc) is 3.00. The normalized spacial score (nSPS) is 12.4. The Morgan fingerprint density at radius 2 is 1.86 bits per heavy atom. The topological polar surface area (TPSA) is 35.3 Å². The molecule has 0 N–H and O–H groups in total. The molecule has 0 saturated heterocycles. The van der Waals surface area contributed by atoms with Crippen LogP contribution in [0.4, 0.5) is 0 Å². The second-order valence-electron chi connectivity index (χ2n) is 5.57. The van der Waals surface area contributed by atoms with E-state index >= 15 is 0 Å². The van der Waals surface area contributed by atoms with Crippen LogP contribution in [0.1, 0.15) is 24.5 Å². The summed E-state index contributed by atoms with van der Waals surface area (Å²) in [6.07, 6.45) is 2.26. The van der Waals surface area contributed by atoms with Crippen LogP contribution in [0.5, 0.6) is 5.75 Å². The van der Waals surface area contributed by atoms with E-state index in [1.165, 1.54) is 5.56 Å². The summed E-state index contributed by atoms with van der Waals surface area (Å²) in [5, 5.41) is 4.29. The first-order valence-electron chi connectivity index (χ1n) is 7.67. The highest BCUT2D eigenvalue weighted by Gasteiger charge is 2.25. The summed E-state index contributed by atoms with van der Waals surface area (Å²) in [5.41, 5.74) is 5.32. The molecular weight excluding hydrogens is 274 g/mol. The van der Waals surface area contributed by atoms with Crippen LogP contribution < -0.4 is 4.74 Å². The van der Waals surface area contributed by atoms with Crippen LogP contribution in [0.15, 0.2) is 53.1 Å². The highest BCUT2D eigenvalue weighted by atomic mass is 16.5. The van der Waals surface area contributed by atoms with Crippen LogP contribution in [0.25, 0.3) is 22.6 Å². The predicted molar refractivity (Wildman–Crippen MR) is 85.7 cm³/mol. The largest absolute Gasteiger partial charge is 0.488 e. The van der Waals surface area contributed by atoms with Gasteiger partial charge in [-0.1, -0.05) is 54.9 Å². The van der Waals surface area contributed by atoms with E-state index < -0.39 is 0 Å². The number of hydrogen-bond donors (Lipinski definition) is 0. The lowest BCUT2D eigenvalue weighted by Gasteiger charge is -2.16. The second-order valence-corrected chi connectivity index (χ2v) is 5.57. The molecule has 1 aliphatic rings. The molecule has 0 atom stereocenters. The smallest absolute Gasteiger partial charge is 0.177 e. The predicted octanol–water partition coefficient (Wildman–Crippen LogP) is 4.85. The van der Waals surface area contributed by atoms with Crippen molar-refractivity contribution in [2.24, 2.45) is 0 Å². The number of hydrogen-bond acceptors (Lipinski definition) is 3. The summed E-state index contributed by atoms with van der Waals surface area (Å²) in [6, 6.07) is 16.5. The van der Waals surface area contributed by atoms with Crippen molar-refractivity contribution in [3.05, 3.63) is 59.7 Å². The Bertz CT molecular complexity index is 803. The molecule has 1 aromatic heterocycles. The average molecular weight is 291 g/mol. The molecule has 2 heterocycles. The van der Waals surface area contributed by atoms with Gasteiger partial charge in [-0.2, -0.15) is 0 Å². The van der Waals surface area contributed by atoms with Crippen molar-refractivity contribution in [2.75, 3.05) is 0 Å². The highest BCUT2D eigenvalue weighted by Crippen LogP contribution is 2.41. The number of nitrogens with zero attached hydrogens (tertiary/aromatic N) is 1. The van der Waals surface area contributed by atoms with Gasteiger partial charge in [-0.3, -0.25) is 0 Å². The number of aromatic nitrogens is 1. The Kier molecular flexibility index (Phi) is 3.19. The van der Waals surface area contributed by atoms with Gasteiger partial charge in [0.1, 0.15) is 18.1 Å². The van der Waals surface area contributed by atoms with Gasteiger partial charge in [0.2, 0.25) is 0 Å². The third kappa shape index (κ3) is 2.10. The van der Waals surface area contributed by atoms with Crippen molar-refractivity contribution in [3.63, 3.8) is 0 Å². The summed E-state index contributed by atoms with van der Waals surface area (Å²) in [5.74, 6) is 1.69. The zero-order valence-electron chi connectivity index (χ0n) is 12.5. The van der Waals surface area contributed by atoms with Gasteiger partial charge in [-0.15, -0.1) is 0 Å². The van der Waals surface area contributed by atoms with Gasteiger partial charge in [0.05, 0.1) is 11.1 Å². The molecule has 0 fully saturated rings. The number of aryl methyl sites for hydroxylation is 1. The molecule has 22 heavy (non-hydrogen) atoms. The number of rotatable bonds is 3. The van der Waals surface area contributed by atoms with E-state index in [2.05, 4.69) is 36.3 Å². The van der Waals surface area contributed by atoms with Crippen LogP contribution in [0.2, 0.25) is 0 Å². The molecular formula is C19H17NO2. The Balaban J connectivity index is 1.75. The molecule has 3 heteroatoms. The first kappa shape index (κ1) is 13.1. The van der Waals surface area contributed by atoms with E-state index in [1.54, 1.807) is 0 Å². The molecule has 0 bridgehead atoms. The van der Waals surface area contributed by atoms with Crippen molar-refractivity contribution in [1.29, 1.82) is 0 Å². The van der Waals surface area contributed by atoms with Crippen LogP contribution in [0.3, 0.4) is 0 Å². The van der Waals surface area contributed by atoms with E-state index in [9.17, 15) is 0 Å². The van der Waals surface area contributed by atoms with Crippen molar-refractivity contribution >= 4 is 0 Å². The SMILES string of the molecule is CCCc1ccc(-c2noc3c2COc2ccccc2-3)cc1. The summed E-state index contributed by atoms with van der Waals surface area (Å²) >= 11 is 0. The Morgan fingerprint density at radius 3 is 2.68 bits per heavy atom. The van der Waals surface area contributed by atoms with E-state index in [4.69, 9.17) is 9.26 Å². The monoisotopic (exact) mass is 291 g/mol. The minimum absolute atomic E-state index is 0.502. The maximum atomic E-state index is 5.83. The third-order valence-electron chi connectivity index (χ3n) is 4.06. The maximum absolute atomic E-state index is 5.83. The molecule has 4 rings (SSSR count). The van der Waals surface area contributed by atoms with Crippen molar-refractivity contribution < 1.29 is 9.26 Å². The quantitative estimate of drug-likeness (QED) is 0.691. The van der Waals surface area contributed by atoms with E-state index in [-0.39, 0.29) is 0 Å². The molecule has 0 aliphatic carbocycles. The molecule has 2 aromatic carbocycles. The lowest BCUT2D eigenvalue weighted by atomic mass is 9.99. The van der Waals surface area contributed by atoms with Crippen molar-refractivity contribution in [3.8, 4) is 28.3 Å². The molecule has 0 unspecified atom stereocenters. The molecule has 0 amide bonds. The summed E-state index contributed by atoms with van der Waals surface area (Å²) in [6.45, 7) is 2.69. The number of para-hydroxylation sites is 1. The van der Waals surface area contributed by atoms with Crippen LogP contribution in [0, 0.1) is 0 Å². The fourth-order valence-corrected chi connectivity index (χ4v) is 2.93. The highest BCUT2D eigenvalue weighted by molar-refractivity contribution is 5.77. The first-order chi connectivity index (χ1) is 10.9. The number of fused-ring (bicyclic) bond motifs is 3. The Hall–Kier alpha value is -2.55. The van der Waals surface area contributed by atoms with Crippen molar-refractivity contribution in [1.82, 2.24) is 5.16 Å². The fraction of sp³-hybridized carbons (Fsp3) is 0.211. The summed E-state index contributed by atoms with van der Waals surface area (Å²) in [7, 11) is 0. The van der Waals surface area contributed by atoms with Gasteiger partial charge in [0.15, 0.2) is 5.76 Å². The second kappa shape index (κ2) is 5.34. The maximum Gasteiger partial charge on any atom is 0.177 e. The molecule has 0 saturated carbocycles. The van der Waals surface area contributed by atoms with Gasteiger partial charge >= 0.3 is 0 Å². The lowest BCUT2D eigenvalue weighted by Crippen LogP contribution is -2.04. The number of ether oxygens (including phenoxy) is 1. The third-order valence-corrected chi connectivity index (χ3v) is 4.06. The molecule has 1 aliphatic heterocycles. The minimum atomic E-state index is 0.502. The molecule has 0 spiro atoms. The summed E-state index contributed by atoms with van der Waals surface area (Å²) in [4.78, 5) is 0. The first-order valence-corrected chi connectivity index (χ1v) is 7.67. The standard InChI is InChI=1S/C19H17NO2/c1-2-5-13-8-10-14(11-9-13)18-16-12-21-17-7-4-3-6-15(17)19(16)22-20-18/h3-4,6-11H,2,5,12H2,1H3. The van der Waals surface area contributed by atoms with Gasteiger partial charge in [-0.05, 0) is 24.1 Å². The van der Waals surface area contributed by atoms with Gasteiger partial charge in [0.25, 0.3) is 0 Å². The van der Waals surface area contributed by atoms with E-state index in [0.29, 0.717) is 6.61 Å². The van der Waals surface area contributed by atoms with Gasteiger partial charge in [-0.25, -0.2) is 0 Å². The van der Waals surface area contributed by atoms with Crippen LogP contribution >= 0.6 is 0 Å². The minimum Gasteiger partial charge on any atom is -0.488 e. The number of benzene rings is 2. The Labute approximate surface area is 129 Å². The molecule has 3 aromatic rings. The molecule has 110 valence electrons.